The Morgan fingerprint density at radius 1 is 0.944 bits per heavy atom. The number of ether oxygens (including phenoxy) is 3. The Labute approximate surface area is 212 Å². The standard InChI is InChI=1S/C27H25N3O5S/c1-30(2)19-9-5-16(6-10-19)13-20-25(17-7-11-21-22(14-17)29-36-28-21)26(31)35-27(20,32)18-8-12-23(33-3)24(15-18)34-4/h5-12,14-15,32H,13H2,1-4H3. The molecule has 0 fully saturated rings. The number of nitrogens with zero attached hydrogens (tertiary/aromatic N) is 3. The van der Waals surface area contributed by atoms with E-state index in [-0.39, 0.29) is 6.42 Å². The molecule has 0 saturated heterocycles. The Morgan fingerprint density at radius 2 is 1.67 bits per heavy atom. The molecular formula is C27H25N3O5S. The number of benzene rings is 3. The van der Waals surface area contributed by atoms with Gasteiger partial charge < -0.3 is 24.2 Å². The Hall–Kier alpha value is -3.95. The van der Waals surface area contributed by atoms with Gasteiger partial charge in [-0.2, -0.15) is 8.75 Å². The van der Waals surface area contributed by atoms with E-state index >= 15 is 0 Å². The van der Waals surface area contributed by atoms with E-state index in [2.05, 4.69) is 8.75 Å². The summed E-state index contributed by atoms with van der Waals surface area (Å²) in [6, 6.07) is 18.3. The number of esters is 1. The molecule has 0 amide bonds. The summed E-state index contributed by atoms with van der Waals surface area (Å²) in [5.41, 5.74) is 5.08. The first-order valence-electron chi connectivity index (χ1n) is 11.2. The number of aromatic nitrogens is 2. The number of fused-ring (bicyclic) bond motifs is 1. The van der Waals surface area contributed by atoms with Crippen molar-refractivity contribution in [3.63, 3.8) is 0 Å². The van der Waals surface area contributed by atoms with Crippen molar-refractivity contribution in [2.75, 3.05) is 33.2 Å². The molecule has 1 N–H and O–H groups in total. The van der Waals surface area contributed by atoms with Gasteiger partial charge in [-0.05, 0) is 53.6 Å². The molecule has 0 saturated carbocycles. The first-order valence-corrected chi connectivity index (χ1v) is 12.0. The van der Waals surface area contributed by atoms with Crippen LogP contribution in [0.1, 0.15) is 16.7 Å². The van der Waals surface area contributed by atoms with Crippen LogP contribution in [-0.4, -0.2) is 48.1 Å². The number of methoxy groups -OCH3 is 2. The molecule has 1 unspecified atom stereocenters. The summed E-state index contributed by atoms with van der Waals surface area (Å²) in [4.78, 5) is 15.3. The van der Waals surface area contributed by atoms with Gasteiger partial charge in [0, 0.05) is 37.3 Å². The summed E-state index contributed by atoms with van der Waals surface area (Å²) in [6.45, 7) is 0. The van der Waals surface area contributed by atoms with Gasteiger partial charge >= 0.3 is 5.97 Å². The second-order valence-electron chi connectivity index (χ2n) is 8.66. The fraction of sp³-hybridized carbons (Fsp3) is 0.222. The lowest BCUT2D eigenvalue weighted by Crippen LogP contribution is -2.29. The zero-order chi connectivity index (χ0) is 25.4. The van der Waals surface area contributed by atoms with Crippen LogP contribution < -0.4 is 14.4 Å². The molecular weight excluding hydrogens is 478 g/mol. The third-order valence-corrected chi connectivity index (χ3v) is 6.86. The average Bonchev–Trinajstić information content (AvgIpc) is 3.45. The van der Waals surface area contributed by atoms with Crippen molar-refractivity contribution in [3.05, 3.63) is 82.9 Å². The monoisotopic (exact) mass is 503 g/mol. The first-order chi connectivity index (χ1) is 17.3. The summed E-state index contributed by atoms with van der Waals surface area (Å²) in [5, 5.41) is 12.0. The fourth-order valence-electron chi connectivity index (χ4n) is 4.37. The van der Waals surface area contributed by atoms with Gasteiger partial charge in [0.05, 0.1) is 31.5 Å². The molecule has 1 aromatic heterocycles. The molecule has 0 spiro atoms. The summed E-state index contributed by atoms with van der Waals surface area (Å²) in [5.74, 6) is -1.70. The van der Waals surface area contributed by atoms with Crippen molar-refractivity contribution in [1.82, 2.24) is 8.75 Å². The van der Waals surface area contributed by atoms with E-state index in [1.807, 2.05) is 49.3 Å². The molecule has 184 valence electrons. The highest BCUT2D eigenvalue weighted by Crippen LogP contribution is 2.46. The number of cyclic esters (lactones) is 1. The predicted molar refractivity (Wildman–Crippen MR) is 138 cm³/mol. The lowest BCUT2D eigenvalue weighted by atomic mass is 9.88. The van der Waals surface area contributed by atoms with Gasteiger partial charge in [0.15, 0.2) is 11.5 Å². The molecule has 0 bridgehead atoms. The number of aliphatic hydroxyl groups is 1. The van der Waals surface area contributed by atoms with Gasteiger partial charge in [-0.15, -0.1) is 0 Å². The van der Waals surface area contributed by atoms with Crippen LogP contribution in [0.5, 0.6) is 11.5 Å². The van der Waals surface area contributed by atoms with Crippen LogP contribution in [0.25, 0.3) is 16.6 Å². The quantitative estimate of drug-likeness (QED) is 0.376. The number of carbonyl (C=O) groups is 1. The van der Waals surface area contributed by atoms with Gasteiger partial charge in [-0.3, -0.25) is 0 Å². The topological polar surface area (TPSA) is 94.0 Å². The maximum Gasteiger partial charge on any atom is 0.342 e. The zero-order valence-corrected chi connectivity index (χ0v) is 21.1. The summed E-state index contributed by atoms with van der Waals surface area (Å²) >= 11 is 1.10. The highest BCUT2D eigenvalue weighted by atomic mass is 32.1. The molecule has 1 aliphatic heterocycles. The normalized spacial score (nSPS) is 17.4. The van der Waals surface area contributed by atoms with Gasteiger partial charge in [0.2, 0.25) is 0 Å². The maximum atomic E-state index is 13.3. The molecule has 36 heavy (non-hydrogen) atoms. The van der Waals surface area contributed by atoms with Crippen LogP contribution in [0.3, 0.4) is 0 Å². The Kier molecular flexibility index (Phi) is 6.11. The van der Waals surface area contributed by atoms with Crippen LogP contribution in [0.2, 0.25) is 0 Å². The molecule has 1 atom stereocenters. The third-order valence-electron chi connectivity index (χ3n) is 6.31. The van der Waals surface area contributed by atoms with Gasteiger partial charge in [-0.25, -0.2) is 4.79 Å². The molecule has 3 aromatic carbocycles. The smallest absolute Gasteiger partial charge is 0.342 e. The SMILES string of the molecule is COc1ccc(C2(O)OC(=O)C(c3ccc4nsnc4c3)=C2Cc2ccc(N(C)C)cc2)cc1OC. The van der Waals surface area contributed by atoms with Crippen molar-refractivity contribution in [3.8, 4) is 11.5 Å². The van der Waals surface area contributed by atoms with Crippen LogP contribution in [0, 0.1) is 0 Å². The van der Waals surface area contributed by atoms with E-state index in [4.69, 9.17) is 14.2 Å². The van der Waals surface area contributed by atoms with Crippen molar-refractivity contribution in [2.24, 2.45) is 0 Å². The van der Waals surface area contributed by atoms with Crippen molar-refractivity contribution >= 4 is 40.0 Å². The average molecular weight is 504 g/mol. The minimum absolute atomic E-state index is 0.285. The molecule has 4 aromatic rings. The number of hydrogen-bond acceptors (Lipinski definition) is 9. The zero-order valence-electron chi connectivity index (χ0n) is 20.3. The number of rotatable bonds is 7. The highest BCUT2D eigenvalue weighted by molar-refractivity contribution is 7.00. The van der Waals surface area contributed by atoms with Gasteiger partial charge in [0.25, 0.3) is 5.79 Å². The van der Waals surface area contributed by atoms with E-state index in [9.17, 15) is 9.90 Å². The van der Waals surface area contributed by atoms with E-state index < -0.39 is 11.8 Å². The van der Waals surface area contributed by atoms with E-state index in [0.717, 1.165) is 28.5 Å². The molecule has 0 radical (unpaired) electrons. The molecule has 2 heterocycles. The van der Waals surface area contributed by atoms with E-state index in [1.54, 1.807) is 30.3 Å². The summed E-state index contributed by atoms with van der Waals surface area (Å²) < 4.78 is 25.0. The molecule has 8 nitrogen and oxygen atoms in total. The molecule has 0 aliphatic carbocycles. The van der Waals surface area contributed by atoms with Crippen molar-refractivity contribution in [2.45, 2.75) is 12.2 Å². The molecule has 5 rings (SSSR count). The number of carbonyl (C=O) groups excluding carboxylic acids is 1. The maximum absolute atomic E-state index is 13.3. The summed E-state index contributed by atoms with van der Waals surface area (Å²) in [7, 11) is 6.99. The Bertz CT molecular complexity index is 1480. The Balaban J connectivity index is 1.68. The minimum Gasteiger partial charge on any atom is -0.493 e. The second-order valence-corrected chi connectivity index (χ2v) is 9.19. The van der Waals surface area contributed by atoms with E-state index in [1.165, 1.54) is 14.2 Å². The molecule has 1 aliphatic rings. The van der Waals surface area contributed by atoms with Crippen LogP contribution >= 0.6 is 11.7 Å². The first kappa shape index (κ1) is 23.8. The number of hydrogen-bond donors (Lipinski definition) is 1. The highest BCUT2D eigenvalue weighted by Gasteiger charge is 2.48. The van der Waals surface area contributed by atoms with Gasteiger partial charge in [0.1, 0.15) is 11.0 Å². The number of anilines is 1. The minimum atomic E-state index is -2.00. The Morgan fingerprint density at radius 3 is 2.36 bits per heavy atom. The van der Waals surface area contributed by atoms with Crippen molar-refractivity contribution in [1.29, 1.82) is 0 Å². The second kappa shape index (κ2) is 9.25. The molecule has 9 heteroatoms. The lowest BCUT2D eigenvalue weighted by Gasteiger charge is -2.26. The van der Waals surface area contributed by atoms with Crippen molar-refractivity contribution < 1.29 is 24.1 Å². The largest absolute Gasteiger partial charge is 0.493 e. The van der Waals surface area contributed by atoms with Gasteiger partial charge in [-0.1, -0.05) is 18.2 Å². The van der Waals surface area contributed by atoms with Crippen LogP contribution in [0.4, 0.5) is 5.69 Å². The van der Waals surface area contributed by atoms with E-state index in [0.29, 0.717) is 39.3 Å². The predicted octanol–water partition coefficient (Wildman–Crippen LogP) is 4.17. The fourth-order valence-corrected chi connectivity index (χ4v) is 4.89. The lowest BCUT2D eigenvalue weighted by molar-refractivity contribution is -0.185. The van der Waals surface area contributed by atoms with Crippen LogP contribution in [0.15, 0.2) is 66.2 Å². The third kappa shape index (κ3) is 4.06. The van der Waals surface area contributed by atoms with Crippen LogP contribution in [-0.2, 0) is 21.7 Å². The summed E-state index contributed by atoms with van der Waals surface area (Å²) in [6.07, 6.45) is 0.285.